The number of carbonyl (C=O) groups excluding carboxylic acids is 2. The second-order valence-corrected chi connectivity index (χ2v) is 14.9. The molecule has 0 aliphatic heterocycles. The molecule has 0 saturated heterocycles. The molecule has 0 radical (unpaired) electrons. The molecule has 1 aliphatic carbocycles. The number of nitrogens with one attached hydrogen (secondary N) is 1. The first kappa shape index (κ1) is 37.3. The van der Waals surface area contributed by atoms with E-state index in [9.17, 15) is 9.18 Å². The highest BCUT2D eigenvalue weighted by Gasteiger charge is 2.33. The van der Waals surface area contributed by atoms with Crippen LogP contribution in [0.5, 0.6) is 0 Å². The van der Waals surface area contributed by atoms with Crippen molar-refractivity contribution in [2.24, 2.45) is 13.0 Å². The maximum absolute atomic E-state index is 15.6. The van der Waals surface area contributed by atoms with Crippen LogP contribution in [-0.4, -0.2) is 60.7 Å². The van der Waals surface area contributed by atoms with Crippen molar-refractivity contribution < 1.29 is 23.1 Å². The quantitative estimate of drug-likeness (QED) is 0.108. The minimum atomic E-state index is -0.873. The van der Waals surface area contributed by atoms with Gasteiger partial charge in [0.05, 0.1) is 22.6 Å². The SMILES string of the molecule is CN(CC(Cc1ccc(Cl)c(F)c1)C(=O)c1c(-c2cc(-c3ccnc(Nc4ccnn4C)n3)cc(F)n2)ccc2c1Cc1ccccc1-2)C(=O)OC(C)(C)C. The van der Waals surface area contributed by atoms with Crippen LogP contribution in [0.1, 0.15) is 47.8 Å². The summed E-state index contributed by atoms with van der Waals surface area (Å²) in [5, 5.41) is 7.23. The van der Waals surface area contributed by atoms with Crippen LogP contribution in [0, 0.1) is 17.7 Å². The molecular formula is C42H38ClF2N7O3. The van der Waals surface area contributed by atoms with E-state index in [4.69, 9.17) is 16.3 Å². The Labute approximate surface area is 322 Å². The molecule has 0 spiro atoms. The number of anilines is 2. The van der Waals surface area contributed by atoms with Gasteiger partial charge in [-0.3, -0.25) is 9.48 Å². The van der Waals surface area contributed by atoms with Crippen LogP contribution in [0.25, 0.3) is 33.6 Å². The number of ketones is 1. The minimum Gasteiger partial charge on any atom is -0.444 e. The van der Waals surface area contributed by atoms with E-state index in [-0.39, 0.29) is 35.4 Å². The van der Waals surface area contributed by atoms with E-state index < -0.39 is 29.4 Å². The van der Waals surface area contributed by atoms with Gasteiger partial charge in [0.15, 0.2) is 5.78 Å². The maximum Gasteiger partial charge on any atom is 0.410 e. The van der Waals surface area contributed by atoms with Gasteiger partial charge in [-0.15, -0.1) is 0 Å². The number of aryl methyl sites for hydroxylation is 1. The monoisotopic (exact) mass is 761 g/mol. The largest absolute Gasteiger partial charge is 0.444 e. The van der Waals surface area contributed by atoms with E-state index in [1.807, 2.05) is 30.3 Å². The molecule has 1 aliphatic rings. The zero-order valence-corrected chi connectivity index (χ0v) is 31.7. The van der Waals surface area contributed by atoms with Crippen LogP contribution >= 0.6 is 11.6 Å². The van der Waals surface area contributed by atoms with Crippen molar-refractivity contribution in [1.29, 1.82) is 0 Å². The number of rotatable bonds is 10. The van der Waals surface area contributed by atoms with Gasteiger partial charge in [-0.1, -0.05) is 54.1 Å². The van der Waals surface area contributed by atoms with Crippen LogP contribution < -0.4 is 5.32 Å². The van der Waals surface area contributed by atoms with Crippen molar-refractivity contribution in [2.45, 2.75) is 39.2 Å². The third-order valence-electron chi connectivity index (χ3n) is 9.35. The molecule has 55 heavy (non-hydrogen) atoms. The van der Waals surface area contributed by atoms with E-state index in [1.54, 1.807) is 82.3 Å². The lowest BCUT2D eigenvalue weighted by Gasteiger charge is -2.28. The lowest BCUT2D eigenvalue weighted by atomic mass is 9.84. The molecule has 13 heteroatoms. The number of pyridine rings is 1. The van der Waals surface area contributed by atoms with Gasteiger partial charge in [-0.2, -0.15) is 9.49 Å². The second kappa shape index (κ2) is 15.0. The van der Waals surface area contributed by atoms with Crippen LogP contribution in [0.3, 0.4) is 0 Å². The first-order valence-corrected chi connectivity index (χ1v) is 18.0. The summed E-state index contributed by atoms with van der Waals surface area (Å²) in [4.78, 5) is 43.1. The Morgan fingerprint density at radius 2 is 1.73 bits per heavy atom. The predicted octanol–water partition coefficient (Wildman–Crippen LogP) is 9.09. The smallest absolute Gasteiger partial charge is 0.410 e. The highest BCUT2D eigenvalue weighted by Crippen LogP contribution is 2.43. The molecule has 1 atom stereocenters. The number of halogens is 3. The molecule has 7 rings (SSSR count). The molecular weight excluding hydrogens is 724 g/mol. The zero-order chi connectivity index (χ0) is 39.0. The van der Waals surface area contributed by atoms with Gasteiger partial charge in [-0.25, -0.2) is 24.1 Å². The molecule has 0 fully saturated rings. The molecule has 1 N–H and O–H groups in total. The van der Waals surface area contributed by atoms with Gasteiger partial charge in [0, 0.05) is 61.6 Å². The van der Waals surface area contributed by atoms with E-state index in [0.717, 1.165) is 22.3 Å². The molecule has 1 amide bonds. The fourth-order valence-corrected chi connectivity index (χ4v) is 6.94. The highest BCUT2D eigenvalue weighted by atomic mass is 35.5. The van der Waals surface area contributed by atoms with Crippen molar-refractivity contribution in [3.63, 3.8) is 0 Å². The van der Waals surface area contributed by atoms with Crippen molar-refractivity contribution in [2.75, 3.05) is 18.9 Å². The summed E-state index contributed by atoms with van der Waals surface area (Å²) in [6.07, 6.45) is 3.11. The van der Waals surface area contributed by atoms with Crippen molar-refractivity contribution in [3.8, 4) is 33.6 Å². The topological polar surface area (TPSA) is 115 Å². The molecule has 6 aromatic rings. The average molecular weight is 762 g/mol. The van der Waals surface area contributed by atoms with Gasteiger partial charge in [-0.05, 0) is 85.7 Å². The number of Topliss-reactive ketones (excluding diaryl/α,β-unsaturated/α-hetero) is 1. The number of hydrogen-bond acceptors (Lipinski definition) is 8. The van der Waals surface area contributed by atoms with Crippen LogP contribution in [0.15, 0.2) is 91.3 Å². The number of ether oxygens (including phenoxy) is 1. The number of carbonyl (C=O) groups is 2. The number of hydrogen-bond donors (Lipinski definition) is 1. The van der Waals surface area contributed by atoms with E-state index in [1.165, 1.54) is 23.1 Å². The molecule has 280 valence electrons. The summed E-state index contributed by atoms with van der Waals surface area (Å²) < 4.78 is 37.6. The molecule has 1 unspecified atom stereocenters. The van der Waals surface area contributed by atoms with E-state index in [2.05, 4.69) is 25.4 Å². The molecule has 3 heterocycles. The van der Waals surface area contributed by atoms with E-state index in [0.29, 0.717) is 40.2 Å². The number of benzene rings is 3. The van der Waals surface area contributed by atoms with Crippen molar-refractivity contribution >= 4 is 35.2 Å². The first-order valence-electron chi connectivity index (χ1n) is 17.7. The lowest BCUT2D eigenvalue weighted by molar-refractivity contribution is 0.0274. The average Bonchev–Trinajstić information content (AvgIpc) is 3.73. The number of amides is 1. The second-order valence-electron chi connectivity index (χ2n) is 14.5. The van der Waals surface area contributed by atoms with Crippen LogP contribution in [0.4, 0.5) is 25.3 Å². The Hall–Kier alpha value is -6.01. The Morgan fingerprint density at radius 1 is 0.945 bits per heavy atom. The third-order valence-corrected chi connectivity index (χ3v) is 9.66. The van der Waals surface area contributed by atoms with Crippen molar-refractivity contribution in [3.05, 3.63) is 130 Å². The molecule has 3 aromatic heterocycles. The summed E-state index contributed by atoms with van der Waals surface area (Å²) in [5.41, 5.74) is 5.20. The third kappa shape index (κ3) is 8.09. The number of fused-ring (bicyclic) bond motifs is 3. The fraction of sp³-hybridized carbons (Fsp3) is 0.238. The van der Waals surface area contributed by atoms with Gasteiger partial charge < -0.3 is 15.0 Å². The summed E-state index contributed by atoms with van der Waals surface area (Å²) in [5.74, 6) is -1.64. The van der Waals surface area contributed by atoms with Gasteiger partial charge in [0.1, 0.15) is 17.2 Å². The van der Waals surface area contributed by atoms with Gasteiger partial charge in [0.2, 0.25) is 11.9 Å². The number of nitrogens with zero attached hydrogens (tertiary/aromatic N) is 6. The summed E-state index contributed by atoms with van der Waals surface area (Å²) >= 11 is 6.01. The molecule has 10 nitrogen and oxygen atoms in total. The highest BCUT2D eigenvalue weighted by molar-refractivity contribution is 6.30. The van der Waals surface area contributed by atoms with Gasteiger partial charge >= 0.3 is 6.09 Å². The van der Waals surface area contributed by atoms with E-state index >= 15 is 9.18 Å². The Morgan fingerprint density at radius 3 is 2.47 bits per heavy atom. The zero-order valence-electron chi connectivity index (χ0n) is 30.9. The fourth-order valence-electron chi connectivity index (χ4n) is 6.82. The Balaban J connectivity index is 1.34. The minimum absolute atomic E-state index is 0.0463. The summed E-state index contributed by atoms with van der Waals surface area (Å²) in [7, 11) is 3.33. The standard InChI is InChI=1S/C42H38ClF2N7O3/c1-42(2,3)55-41(54)51(4)23-27(18-24-10-13-32(43)33(44)19-24)39(53)38-30(12-11-29-28-9-7-6-8-25(28)20-31(29)38)35-21-26(22-36(45)48-35)34-14-16-46-40(49-34)50-37-15-17-47-52(37)5/h6-17,19,21-22,27H,18,20,23H2,1-5H3,(H,46,49,50). The number of aromatic nitrogens is 5. The molecule has 0 bridgehead atoms. The van der Waals surface area contributed by atoms with Crippen molar-refractivity contribution in [1.82, 2.24) is 29.6 Å². The molecule has 3 aromatic carbocycles. The lowest BCUT2D eigenvalue weighted by Crippen LogP contribution is -2.39. The Kier molecular flexibility index (Phi) is 10.2. The van der Waals surface area contributed by atoms with Gasteiger partial charge in [0.25, 0.3) is 0 Å². The maximum atomic E-state index is 15.6. The summed E-state index contributed by atoms with van der Waals surface area (Å²) in [6.45, 7) is 5.22. The van der Waals surface area contributed by atoms with Crippen LogP contribution in [-0.2, 0) is 24.6 Å². The van der Waals surface area contributed by atoms with Crippen LogP contribution in [0.2, 0.25) is 5.02 Å². The summed E-state index contributed by atoms with van der Waals surface area (Å²) in [6, 6.07) is 22.4. The first-order chi connectivity index (χ1) is 26.2. The predicted molar refractivity (Wildman–Crippen MR) is 207 cm³/mol. The molecule has 0 saturated carbocycles. The Bertz CT molecular complexity index is 2450. The normalized spacial score (nSPS) is 12.5.